The summed E-state index contributed by atoms with van der Waals surface area (Å²) in [5.74, 6) is 0.0643. The third kappa shape index (κ3) is 2.00. The first-order valence-corrected chi connectivity index (χ1v) is 7.35. The van der Waals surface area contributed by atoms with Gasteiger partial charge in [0, 0.05) is 10.3 Å². The summed E-state index contributed by atoms with van der Waals surface area (Å²) in [5, 5.41) is 5.74. The Morgan fingerprint density at radius 3 is 2.83 bits per heavy atom. The van der Waals surface area contributed by atoms with Gasteiger partial charge >= 0.3 is 0 Å². The number of nitrogens with one attached hydrogen (secondary N) is 1. The number of nitrogens with two attached hydrogens (primary N) is 1. The Balaban J connectivity index is 2.01. The molecule has 1 atom stereocenters. The topological polar surface area (TPSA) is 55.1 Å². The van der Waals surface area contributed by atoms with Crippen LogP contribution in [0.1, 0.15) is 6.92 Å². The van der Waals surface area contributed by atoms with Crippen LogP contribution in [0, 0.1) is 0 Å². The first-order chi connectivity index (χ1) is 8.63. The summed E-state index contributed by atoms with van der Waals surface area (Å²) in [6.07, 6.45) is 0. The van der Waals surface area contributed by atoms with Crippen molar-refractivity contribution in [3.8, 4) is 11.1 Å². The number of fused-ring (bicyclic) bond motifs is 1. The maximum absolute atomic E-state index is 11.7. The fraction of sp³-hybridized carbons (Fsp3) is 0.154. The van der Waals surface area contributed by atoms with Gasteiger partial charge in [0.05, 0.1) is 15.9 Å². The molecule has 92 valence electrons. The molecule has 1 aromatic heterocycles. The van der Waals surface area contributed by atoms with Crippen molar-refractivity contribution >= 4 is 39.7 Å². The number of amides is 1. The Kier molecular flexibility index (Phi) is 2.80. The van der Waals surface area contributed by atoms with Crippen LogP contribution in [0.2, 0.25) is 0 Å². The van der Waals surface area contributed by atoms with Crippen molar-refractivity contribution in [1.82, 2.24) is 0 Å². The van der Waals surface area contributed by atoms with Crippen molar-refractivity contribution in [2.24, 2.45) is 0 Å². The molecule has 2 heterocycles. The average molecular weight is 276 g/mol. The molecule has 1 aromatic carbocycles. The van der Waals surface area contributed by atoms with Crippen LogP contribution in [0.5, 0.6) is 0 Å². The largest absolute Gasteiger partial charge is 0.391 e. The standard InChI is InChI=1S/C13H12N2OS2/c1-7-13(16)15-10-4-8(2-3-11(10)18-7)9-5-12(14)17-6-9/h2-7H,14H2,1H3,(H,15,16). The molecule has 18 heavy (non-hydrogen) atoms. The van der Waals surface area contributed by atoms with Gasteiger partial charge in [-0.1, -0.05) is 6.07 Å². The number of thiophene rings is 1. The van der Waals surface area contributed by atoms with E-state index in [1.54, 1.807) is 11.8 Å². The summed E-state index contributed by atoms with van der Waals surface area (Å²) in [7, 11) is 0. The molecule has 1 amide bonds. The molecule has 0 bridgehead atoms. The molecule has 0 spiro atoms. The molecule has 2 aromatic rings. The number of carbonyl (C=O) groups excluding carboxylic acids is 1. The summed E-state index contributed by atoms with van der Waals surface area (Å²) in [4.78, 5) is 12.8. The number of thioether (sulfide) groups is 1. The fourth-order valence-electron chi connectivity index (χ4n) is 1.89. The van der Waals surface area contributed by atoms with Gasteiger partial charge in [-0.25, -0.2) is 0 Å². The molecule has 1 aliphatic rings. The number of anilines is 2. The van der Waals surface area contributed by atoms with Crippen molar-refractivity contribution in [2.45, 2.75) is 17.1 Å². The van der Waals surface area contributed by atoms with Crippen LogP contribution in [0.15, 0.2) is 34.5 Å². The van der Waals surface area contributed by atoms with Crippen LogP contribution >= 0.6 is 23.1 Å². The van der Waals surface area contributed by atoms with E-state index >= 15 is 0 Å². The number of hydrogen-bond acceptors (Lipinski definition) is 4. The normalized spacial score (nSPS) is 18.3. The number of nitrogen functional groups attached to an aromatic ring is 1. The van der Waals surface area contributed by atoms with Crippen LogP contribution in [0.3, 0.4) is 0 Å². The van der Waals surface area contributed by atoms with E-state index in [1.165, 1.54) is 11.3 Å². The van der Waals surface area contributed by atoms with Crippen molar-refractivity contribution in [3.63, 3.8) is 0 Å². The number of carbonyl (C=O) groups is 1. The number of benzene rings is 1. The van der Waals surface area contributed by atoms with Gasteiger partial charge in [-0.05, 0) is 36.2 Å². The molecule has 5 heteroatoms. The molecular weight excluding hydrogens is 264 g/mol. The van der Waals surface area contributed by atoms with E-state index in [2.05, 4.69) is 17.4 Å². The van der Waals surface area contributed by atoms with Gasteiger partial charge in [0.2, 0.25) is 5.91 Å². The van der Waals surface area contributed by atoms with E-state index in [9.17, 15) is 4.79 Å². The van der Waals surface area contributed by atoms with Gasteiger partial charge < -0.3 is 11.1 Å². The maximum atomic E-state index is 11.7. The van der Waals surface area contributed by atoms with Gasteiger partial charge in [-0.15, -0.1) is 23.1 Å². The SMILES string of the molecule is CC1Sc2ccc(-c3csc(N)c3)cc2NC1=O. The zero-order valence-electron chi connectivity index (χ0n) is 9.77. The zero-order valence-corrected chi connectivity index (χ0v) is 11.4. The van der Waals surface area contributed by atoms with Crippen molar-refractivity contribution in [3.05, 3.63) is 29.6 Å². The Bertz CT molecular complexity index is 621. The second-order valence-electron chi connectivity index (χ2n) is 4.20. The molecule has 3 rings (SSSR count). The summed E-state index contributed by atoms with van der Waals surface area (Å²) >= 11 is 3.12. The highest BCUT2D eigenvalue weighted by Gasteiger charge is 2.23. The summed E-state index contributed by atoms with van der Waals surface area (Å²) in [6.45, 7) is 1.91. The Morgan fingerprint density at radius 1 is 1.28 bits per heavy atom. The predicted molar refractivity (Wildman–Crippen MR) is 78.1 cm³/mol. The monoisotopic (exact) mass is 276 g/mol. The maximum Gasteiger partial charge on any atom is 0.237 e. The summed E-state index contributed by atoms with van der Waals surface area (Å²) in [5.41, 5.74) is 8.81. The van der Waals surface area contributed by atoms with E-state index in [4.69, 9.17) is 5.73 Å². The van der Waals surface area contributed by atoms with E-state index in [0.717, 1.165) is 26.7 Å². The van der Waals surface area contributed by atoms with Gasteiger partial charge in [0.15, 0.2) is 0 Å². The molecule has 0 saturated carbocycles. The lowest BCUT2D eigenvalue weighted by Crippen LogP contribution is -2.26. The van der Waals surface area contributed by atoms with Crippen LogP contribution < -0.4 is 11.1 Å². The fourth-order valence-corrected chi connectivity index (χ4v) is 3.49. The van der Waals surface area contributed by atoms with Crippen molar-refractivity contribution < 1.29 is 4.79 Å². The van der Waals surface area contributed by atoms with Gasteiger partial charge in [0.1, 0.15) is 0 Å². The van der Waals surface area contributed by atoms with E-state index < -0.39 is 0 Å². The minimum atomic E-state index is -0.0276. The number of rotatable bonds is 1. The Labute approximate surface area is 113 Å². The van der Waals surface area contributed by atoms with Gasteiger partial charge in [-0.2, -0.15) is 0 Å². The molecule has 0 radical (unpaired) electrons. The lowest BCUT2D eigenvalue weighted by molar-refractivity contribution is -0.115. The first-order valence-electron chi connectivity index (χ1n) is 5.59. The summed E-state index contributed by atoms with van der Waals surface area (Å²) in [6, 6.07) is 8.08. The highest BCUT2D eigenvalue weighted by molar-refractivity contribution is 8.00. The van der Waals surface area contributed by atoms with Crippen LogP contribution in [0.25, 0.3) is 11.1 Å². The van der Waals surface area contributed by atoms with E-state index in [-0.39, 0.29) is 11.2 Å². The smallest absolute Gasteiger partial charge is 0.237 e. The Hall–Kier alpha value is -1.46. The van der Waals surface area contributed by atoms with E-state index in [1.807, 2.05) is 24.4 Å². The minimum absolute atomic E-state index is 0.0276. The first kappa shape index (κ1) is 11.6. The zero-order chi connectivity index (χ0) is 12.7. The summed E-state index contributed by atoms with van der Waals surface area (Å²) < 4.78 is 0. The van der Waals surface area contributed by atoms with Gasteiger partial charge in [-0.3, -0.25) is 4.79 Å². The minimum Gasteiger partial charge on any atom is -0.391 e. The number of hydrogen-bond donors (Lipinski definition) is 2. The highest BCUT2D eigenvalue weighted by atomic mass is 32.2. The quantitative estimate of drug-likeness (QED) is 0.839. The molecular formula is C13H12N2OS2. The molecule has 3 N–H and O–H groups in total. The molecule has 3 nitrogen and oxygen atoms in total. The molecule has 0 fully saturated rings. The lowest BCUT2D eigenvalue weighted by Gasteiger charge is -2.21. The molecule has 1 unspecified atom stereocenters. The van der Waals surface area contributed by atoms with Gasteiger partial charge in [0.25, 0.3) is 0 Å². The predicted octanol–water partition coefficient (Wildman–Crippen LogP) is 3.43. The van der Waals surface area contributed by atoms with Crippen molar-refractivity contribution in [1.29, 1.82) is 0 Å². The Morgan fingerprint density at radius 2 is 2.11 bits per heavy atom. The van der Waals surface area contributed by atoms with Crippen LogP contribution in [-0.2, 0) is 4.79 Å². The third-order valence-electron chi connectivity index (χ3n) is 2.86. The van der Waals surface area contributed by atoms with Crippen molar-refractivity contribution in [2.75, 3.05) is 11.1 Å². The molecule has 0 aliphatic carbocycles. The van der Waals surface area contributed by atoms with E-state index in [0.29, 0.717) is 0 Å². The van der Waals surface area contributed by atoms with Crippen LogP contribution in [-0.4, -0.2) is 11.2 Å². The average Bonchev–Trinajstić information content (AvgIpc) is 2.77. The highest BCUT2D eigenvalue weighted by Crippen LogP contribution is 2.38. The lowest BCUT2D eigenvalue weighted by atomic mass is 10.1. The third-order valence-corrected chi connectivity index (χ3v) is 4.80. The second-order valence-corrected chi connectivity index (χ2v) is 6.52. The molecule has 0 saturated heterocycles. The second kappa shape index (κ2) is 4.33. The molecule has 1 aliphatic heterocycles. The van der Waals surface area contributed by atoms with Crippen LogP contribution in [0.4, 0.5) is 10.7 Å².